The number of nitrogen functional groups attached to an aromatic ring is 1. The lowest BCUT2D eigenvalue weighted by Gasteiger charge is -2.27. The third-order valence-electron chi connectivity index (χ3n) is 7.55. The number of aryl methyl sites for hydroxylation is 1. The molecule has 3 aromatic rings. The minimum Gasteiger partial charge on any atom is -0.382 e. The topological polar surface area (TPSA) is 130 Å². The van der Waals surface area contributed by atoms with E-state index in [0.717, 1.165) is 6.42 Å². The van der Waals surface area contributed by atoms with Crippen molar-refractivity contribution < 1.29 is 19.0 Å². The van der Waals surface area contributed by atoms with Crippen LogP contribution in [0.25, 0.3) is 11.2 Å². The number of aromatic nitrogens is 4. The number of carbonyl (C=O) groups is 1. The molecular weight excluding hydrogens is 510 g/mol. The fourth-order valence-electron chi connectivity index (χ4n) is 5.39. The molecule has 0 saturated carbocycles. The average molecular weight is 552 g/mol. The second kappa shape index (κ2) is 11.0. The van der Waals surface area contributed by atoms with Gasteiger partial charge in [0.2, 0.25) is 5.91 Å². The molecule has 2 aliphatic heterocycles. The van der Waals surface area contributed by atoms with Crippen LogP contribution < -0.4 is 11.1 Å². The largest absolute Gasteiger partial charge is 0.382 e. The minimum atomic E-state index is -0.736. The van der Waals surface area contributed by atoms with Crippen molar-refractivity contribution in [2.24, 2.45) is 0 Å². The number of likely N-dealkylation sites (N-methyl/N-ethyl adjacent to an activating group) is 1. The van der Waals surface area contributed by atoms with E-state index in [4.69, 9.17) is 19.9 Å². The lowest BCUT2D eigenvalue weighted by molar-refractivity contribution is -0.197. The van der Waals surface area contributed by atoms with Crippen molar-refractivity contribution in [2.75, 3.05) is 32.4 Å². The van der Waals surface area contributed by atoms with Crippen LogP contribution in [-0.4, -0.2) is 81.1 Å². The molecule has 0 unspecified atom stereocenters. The normalized spacial score (nSPS) is 24.1. The summed E-state index contributed by atoms with van der Waals surface area (Å²) in [5, 5.41) is 3.04. The van der Waals surface area contributed by atoms with Gasteiger partial charge in [-0.05, 0) is 43.9 Å². The van der Waals surface area contributed by atoms with Gasteiger partial charge in [0.15, 0.2) is 23.5 Å². The first-order valence-corrected chi connectivity index (χ1v) is 13.9. The molecule has 1 aromatic carbocycles. The fraction of sp³-hybridized carbons (Fsp3) is 0.586. The molecule has 3 N–H and O–H groups in total. The van der Waals surface area contributed by atoms with Gasteiger partial charge in [-0.3, -0.25) is 9.36 Å². The fourth-order valence-corrected chi connectivity index (χ4v) is 5.39. The van der Waals surface area contributed by atoms with E-state index in [2.05, 4.69) is 70.2 Å². The van der Waals surface area contributed by atoms with Crippen molar-refractivity contribution in [3.63, 3.8) is 0 Å². The van der Waals surface area contributed by atoms with Crippen molar-refractivity contribution in [3.05, 3.63) is 48.0 Å². The number of hydrogen-bond acceptors (Lipinski definition) is 9. The van der Waals surface area contributed by atoms with Crippen LogP contribution in [-0.2, 0) is 30.8 Å². The van der Waals surface area contributed by atoms with Gasteiger partial charge in [0.05, 0.1) is 6.33 Å². The Kier molecular flexibility index (Phi) is 7.84. The molecule has 2 fully saturated rings. The molecule has 40 heavy (non-hydrogen) atoms. The number of nitrogens with two attached hydrogens (primary N) is 1. The number of amides is 1. The Bertz CT molecular complexity index is 1330. The monoisotopic (exact) mass is 551 g/mol. The Morgan fingerprint density at radius 2 is 1.85 bits per heavy atom. The van der Waals surface area contributed by atoms with Crippen LogP contribution in [0.1, 0.15) is 58.4 Å². The summed E-state index contributed by atoms with van der Waals surface area (Å²) in [5.74, 6) is -0.369. The van der Waals surface area contributed by atoms with Crippen molar-refractivity contribution in [1.29, 1.82) is 0 Å². The van der Waals surface area contributed by atoms with Crippen LogP contribution in [0.2, 0.25) is 0 Å². The summed E-state index contributed by atoms with van der Waals surface area (Å²) in [4.78, 5) is 27.4. The summed E-state index contributed by atoms with van der Waals surface area (Å²) in [7, 11) is 2.01. The summed E-state index contributed by atoms with van der Waals surface area (Å²) in [6.45, 7) is 12.2. The molecule has 216 valence electrons. The molecule has 0 bridgehead atoms. The number of anilines is 1. The second-order valence-corrected chi connectivity index (χ2v) is 12.3. The van der Waals surface area contributed by atoms with Gasteiger partial charge in [-0.15, -0.1) is 0 Å². The third kappa shape index (κ3) is 6.12. The summed E-state index contributed by atoms with van der Waals surface area (Å²) in [5.41, 5.74) is 9.69. The predicted octanol–water partition coefficient (Wildman–Crippen LogP) is 2.80. The summed E-state index contributed by atoms with van der Waals surface area (Å²) in [6, 6.07) is 8.55. The van der Waals surface area contributed by atoms with Crippen LogP contribution in [0, 0.1) is 0 Å². The zero-order valence-corrected chi connectivity index (χ0v) is 24.3. The molecule has 0 spiro atoms. The van der Waals surface area contributed by atoms with Gasteiger partial charge in [0, 0.05) is 26.1 Å². The highest BCUT2D eigenvalue weighted by molar-refractivity contribution is 5.81. The van der Waals surface area contributed by atoms with E-state index in [-0.39, 0.29) is 29.6 Å². The quantitative estimate of drug-likeness (QED) is 0.412. The van der Waals surface area contributed by atoms with Gasteiger partial charge < -0.3 is 30.2 Å². The van der Waals surface area contributed by atoms with E-state index in [1.165, 1.54) is 17.5 Å². The van der Waals surface area contributed by atoms with Crippen LogP contribution in [0.5, 0.6) is 0 Å². The van der Waals surface area contributed by atoms with E-state index < -0.39 is 12.0 Å². The van der Waals surface area contributed by atoms with E-state index >= 15 is 0 Å². The van der Waals surface area contributed by atoms with Crippen molar-refractivity contribution in [1.82, 2.24) is 29.7 Å². The number of ether oxygens (including phenoxy) is 3. The first-order valence-electron chi connectivity index (χ1n) is 13.9. The first kappa shape index (κ1) is 28.4. The zero-order valence-electron chi connectivity index (χ0n) is 24.3. The number of fused-ring (bicyclic) bond motifs is 2. The maximum atomic E-state index is 12.5. The van der Waals surface area contributed by atoms with Gasteiger partial charge in [-0.2, -0.15) is 0 Å². The molecule has 0 radical (unpaired) electrons. The molecule has 2 aliphatic rings. The highest BCUT2D eigenvalue weighted by Crippen LogP contribution is 2.44. The highest BCUT2D eigenvalue weighted by atomic mass is 16.8. The van der Waals surface area contributed by atoms with Gasteiger partial charge in [0.25, 0.3) is 0 Å². The molecule has 11 nitrogen and oxygen atoms in total. The second-order valence-electron chi connectivity index (χ2n) is 12.3. The molecule has 0 aliphatic carbocycles. The van der Waals surface area contributed by atoms with Gasteiger partial charge >= 0.3 is 0 Å². The van der Waals surface area contributed by atoms with Crippen molar-refractivity contribution in [3.8, 4) is 0 Å². The number of benzene rings is 1. The van der Waals surface area contributed by atoms with Gasteiger partial charge in [0.1, 0.15) is 30.2 Å². The average Bonchev–Trinajstić information content (AvgIpc) is 3.54. The van der Waals surface area contributed by atoms with E-state index in [1.807, 2.05) is 25.5 Å². The molecule has 11 heteroatoms. The van der Waals surface area contributed by atoms with E-state index in [9.17, 15) is 4.79 Å². The third-order valence-corrected chi connectivity index (χ3v) is 7.55. The molecular formula is C29H41N7O4. The van der Waals surface area contributed by atoms with Gasteiger partial charge in [-0.25, -0.2) is 15.0 Å². The highest BCUT2D eigenvalue weighted by Gasteiger charge is 2.56. The Morgan fingerprint density at radius 3 is 2.58 bits per heavy atom. The van der Waals surface area contributed by atoms with Crippen LogP contribution in [0.4, 0.5) is 5.82 Å². The number of nitrogens with one attached hydrogen (secondary N) is 1. The lowest BCUT2D eigenvalue weighted by atomic mass is 9.86. The summed E-state index contributed by atoms with van der Waals surface area (Å²) < 4.78 is 20.8. The molecule has 1 amide bonds. The Morgan fingerprint density at radius 1 is 1.12 bits per heavy atom. The zero-order chi connectivity index (χ0) is 28.7. The Hall–Kier alpha value is -3.12. The summed E-state index contributed by atoms with van der Waals surface area (Å²) >= 11 is 0. The standard InChI is InChI=1S/C29H41N7O4/c1-28(2,3)19-10-7-18(8-11-19)9-12-21(37)31-13-14-35(6)15-20-23-24(40-29(4,5)39-23)27(38-20)36-17-34-22-25(30)32-16-33-26(22)36/h7-8,10-11,16-17,20,23-24,27H,9,12-15H2,1-6H3,(H,31,37)(H2,30,32,33)/t20-,23-,24-,27-/m1/s1. The van der Waals surface area contributed by atoms with Crippen LogP contribution >= 0.6 is 0 Å². The maximum absolute atomic E-state index is 12.5. The molecule has 2 saturated heterocycles. The predicted molar refractivity (Wildman–Crippen MR) is 151 cm³/mol. The molecule has 4 heterocycles. The molecule has 4 atom stereocenters. The summed E-state index contributed by atoms with van der Waals surface area (Å²) in [6.07, 6.45) is 2.94. The Balaban J connectivity index is 1.13. The number of nitrogens with zero attached hydrogens (tertiary/aromatic N) is 5. The number of hydrogen-bond donors (Lipinski definition) is 2. The minimum absolute atomic E-state index is 0.0491. The SMILES string of the molecule is CN(CCNC(=O)CCc1ccc(C(C)(C)C)cc1)C[C@H]1O[C@@H](n2cnc3c(N)ncnc32)[C@@H]2OC(C)(C)O[C@@H]21. The Labute approximate surface area is 235 Å². The van der Waals surface area contributed by atoms with E-state index in [0.29, 0.717) is 43.0 Å². The number of carbonyl (C=O) groups excluding carboxylic acids is 1. The number of rotatable bonds is 9. The smallest absolute Gasteiger partial charge is 0.220 e. The maximum Gasteiger partial charge on any atom is 0.220 e. The van der Waals surface area contributed by atoms with E-state index in [1.54, 1.807) is 6.33 Å². The van der Waals surface area contributed by atoms with Crippen molar-refractivity contribution in [2.45, 2.75) is 83.2 Å². The lowest BCUT2D eigenvalue weighted by Crippen LogP contribution is -2.41. The number of imidazole rings is 1. The first-order chi connectivity index (χ1) is 18.9. The van der Waals surface area contributed by atoms with Gasteiger partial charge in [-0.1, -0.05) is 45.0 Å². The molecule has 5 rings (SSSR count). The van der Waals surface area contributed by atoms with Crippen LogP contribution in [0.15, 0.2) is 36.9 Å². The van der Waals surface area contributed by atoms with Crippen LogP contribution in [0.3, 0.4) is 0 Å². The van der Waals surface area contributed by atoms with Crippen molar-refractivity contribution >= 4 is 22.9 Å². The molecule has 2 aromatic heterocycles.